The molecule has 1 aliphatic rings. The predicted molar refractivity (Wildman–Crippen MR) is 85.7 cm³/mol. The van der Waals surface area contributed by atoms with Crippen molar-refractivity contribution >= 4 is 6.03 Å². The largest absolute Gasteiger partial charge is 0.377 e. The van der Waals surface area contributed by atoms with Gasteiger partial charge in [0.1, 0.15) is 0 Å². The molecule has 2 rings (SSSR count). The fourth-order valence-electron chi connectivity index (χ4n) is 3.05. The van der Waals surface area contributed by atoms with Gasteiger partial charge in [-0.25, -0.2) is 4.79 Å². The number of urea groups is 1. The Morgan fingerprint density at radius 2 is 2.23 bits per heavy atom. The van der Waals surface area contributed by atoms with Crippen molar-refractivity contribution in [3.05, 3.63) is 17.5 Å². The molecule has 2 atom stereocenters. The topological polar surface area (TPSA) is 59.4 Å². The van der Waals surface area contributed by atoms with E-state index in [0.717, 1.165) is 17.7 Å². The number of hydrogen-bond donors (Lipinski definition) is 1. The average molecular weight is 308 g/mol. The molecule has 0 radical (unpaired) electrons. The molecule has 2 unspecified atom stereocenters. The van der Waals surface area contributed by atoms with Crippen LogP contribution in [0.3, 0.4) is 0 Å². The highest BCUT2D eigenvalue weighted by atomic mass is 16.5. The van der Waals surface area contributed by atoms with Gasteiger partial charge < -0.3 is 15.0 Å². The van der Waals surface area contributed by atoms with Crippen LogP contribution < -0.4 is 5.32 Å². The number of aryl methyl sites for hydroxylation is 2. The fourth-order valence-corrected chi connectivity index (χ4v) is 3.05. The summed E-state index contributed by atoms with van der Waals surface area (Å²) in [5.74, 6) is 0.542. The van der Waals surface area contributed by atoms with Crippen LogP contribution in [0.4, 0.5) is 4.79 Å². The van der Waals surface area contributed by atoms with Gasteiger partial charge in [-0.05, 0) is 26.2 Å². The minimum absolute atomic E-state index is 0.00953. The quantitative estimate of drug-likeness (QED) is 0.928. The number of ether oxygens (including phenoxy) is 1. The van der Waals surface area contributed by atoms with Crippen LogP contribution in [0.5, 0.6) is 0 Å². The summed E-state index contributed by atoms with van der Waals surface area (Å²) in [6, 6.07) is 0.101. The van der Waals surface area contributed by atoms with E-state index in [1.54, 1.807) is 4.68 Å². The molecular formula is C16H28N4O2. The van der Waals surface area contributed by atoms with Gasteiger partial charge in [0.15, 0.2) is 0 Å². The van der Waals surface area contributed by atoms with Gasteiger partial charge in [0.2, 0.25) is 0 Å². The lowest BCUT2D eigenvalue weighted by atomic mass is 10.0. The van der Waals surface area contributed by atoms with Crippen LogP contribution in [0.2, 0.25) is 0 Å². The second-order valence-corrected chi connectivity index (χ2v) is 6.57. The number of nitrogens with zero attached hydrogens (tertiary/aromatic N) is 3. The SMILES string of the molecule is Cc1nn(C)cc1C(C)NC(=O)N1CCOCC1CC(C)C. The Kier molecular flexibility index (Phi) is 5.45. The summed E-state index contributed by atoms with van der Waals surface area (Å²) >= 11 is 0. The van der Waals surface area contributed by atoms with Gasteiger partial charge in [0.25, 0.3) is 0 Å². The van der Waals surface area contributed by atoms with Crippen LogP contribution in [-0.4, -0.2) is 46.5 Å². The first kappa shape index (κ1) is 16.8. The number of aromatic nitrogens is 2. The van der Waals surface area contributed by atoms with E-state index in [-0.39, 0.29) is 18.1 Å². The van der Waals surface area contributed by atoms with E-state index in [0.29, 0.717) is 25.7 Å². The van der Waals surface area contributed by atoms with Crippen molar-refractivity contribution in [2.75, 3.05) is 19.8 Å². The molecule has 2 heterocycles. The molecule has 6 nitrogen and oxygen atoms in total. The van der Waals surface area contributed by atoms with Crippen LogP contribution in [0.1, 0.15) is 44.5 Å². The lowest BCUT2D eigenvalue weighted by Crippen LogP contribution is -2.53. The van der Waals surface area contributed by atoms with Crippen LogP contribution in [0.15, 0.2) is 6.20 Å². The zero-order valence-electron chi connectivity index (χ0n) is 14.3. The smallest absolute Gasteiger partial charge is 0.318 e. The first-order valence-corrected chi connectivity index (χ1v) is 8.03. The highest BCUT2D eigenvalue weighted by Gasteiger charge is 2.29. The molecule has 0 spiro atoms. The fraction of sp³-hybridized carbons (Fsp3) is 0.750. The number of amides is 2. The molecule has 22 heavy (non-hydrogen) atoms. The number of hydrogen-bond acceptors (Lipinski definition) is 3. The number of rotatable bonds is 4. The van der Waals surface area contributed by atoms with E-state index >= 15 is 0 Å². The first-order chi connectivity index (χ1) is 10.4. The van der Waals surface area contributed by atoms with Crippen molar-refractivity contribution in [3.8, 4) is 0 Å². The second-order valence-electron chi connectivity index (χ2n) is 6.57. The Hall–Kier alpha value is -1.56. The third-order valence-corrected chi connectivity index (χ3v) is 4.09. The number of carbonyl (C=O) groups is 1. The van der Waals surface area contributed by atoms with E-state index < -0.39 is 0 Å². The minimum atomic E-state index is -0.0521. The molecule has 1 aromatic heterocycles. The van der Waals surface area contributed by atoms with Crippen molar-refractivity contribution < 1.29 is 9.53 Å². The summed E-state index contributed by atoms with van der Waals surface area (Å²) in [5, 5.41) is 7.44. The van der Waals surface area contributed by atoms with Gasteiger partial charge in [-0.2, -0.15) is 5.10 Å². The highest BCUT2D eigenvalue weighted by Crippen LogP contribution is 2.19. The van der Waals surface area contributed by atoms with Crippen molar-refractivity contribution in [2.24, 2.45) is 13.0 Å². The summed E-state index contributed by atoms with van der Waals surface area (Å²) in [6.07, 6.45) is 2.93. The minimum Gasteiger partial charge on any atom is -0.377 e. The van der Waals surface area contributed by atoms with Gasteiger partial charge >= 0.3 is 6.03 Å². The van der Waals surface area contributed by atoms with Crippen LogP contribution in [0.25, 0.3) is 0 Å². The first-order valence-electron chi connectivity index (χ1n) is 8.03. The van der Waals surface area contributed by atoms with Gasteiger partial charge in [-0.1, -0.05) is 13.8 Å². The predicted octanol–water partition coefficient (Wildman–Crippen LogP) is 2.25. The van der Waals surface area contributed by atoms with Gasteiger partial charge in [0, 0.05) is 25.4 Å². The Balaban J connectivity index is 2.01. The maximum Gasteiger partial charge on any atom is 0.318 e. The summed E-state index contributed by atoms with van der Waals surface area (Å²) < 4.78 is 7.32. The van der Waals surface area contributed by atoms with Crippen LogP contribution in [0, 0.1) is 12.8 Å². The molecule has 1 fully saturated rings. The summed E-state index contributed by atoms with van der Waals surface area (Å²) in [6.45, 7) is 10.2. The Labute approximate surface area is 132 Å². The van der Waals surface area contributed by atoms with E-state index in [4.69, 9.17) is 4.74 Å². The van der Waals surface area contributed by atoms with E-state index in [9.17, 15) is 4.79 Å². The third kappa shape index (κ3) is 4.00. The average Bonchev–Trinajstić information content (AvgIpc) is 2.77. The van der Waals surface area contributed by atoms with Crippen LogP contribution in [-0.2, 0) is 11.8 Å². The van der Waals surface area contributed by atoms with E-state index in [1.807, 2.05) is 32.0 Å². The zero-order chi connectivity index (χ0) is 16.3. The van der Waals surface area contributed by atoms with Gasteiger partial charge in [-0.15, -0.1) is 0 Å². The lowest BCUT2D eigenvalue weighted by molar-refractivity contribution is 0.00509. The van der Waals surface area contributed by atoms with Crippen LogP contribution >= 0.6 is 0 Å². The molecule has 0 aromatic carbocycles. The van der Waals surface area contributed by atoms with Crippen molar-refractivity contribution in [1.82, 2.24) is 20.0 Å². The molecule has 1 aromatic rings. The maximum atomic E-state index is 12.6. The second kappa shape index (κ2) is 7.13. The number of morpholine rings is 1. The van der Waals surface area contributed by atoms with Crippen molar-refractivity contribution in [2.45, 2.75) is 46.2 Å². The summed E-state index contributed by atoms with van der Waals surface area (Å²) in [4.78, 5) is 14.5. The zero-order valence-corrected chi connectivity index (χ0v) is 14.3. The standard InChI is InChI=1S/C16H28N4O2/c1-11(2)8-14-10-22-7-6-20(14)16(21)17-12(3)15-9-19(5)18-13(15)4/h9,11-12,14H,6-8,10H2,1-5H3,(H,17,21). The molecule has 0 saturated carbocycles. The molecule has 6 heteroatoms. The molecule has 0 bridgehead atoms. The van der Waals surface area contributed by atoms with Gasteiger partial charge in [0.05, 0.1) is 31.0 Å². The van der Waals surface area contributed by atoms with Crippen molar-refractivity contribution in [1.29, 1.82) is 0 Å². The highest BCUT2D eigenvalue weighted by molar-refractivity contribution is 5.75. The summed E-state index contributed by atoms with van der Waals surface area (Å²) in [7, 11) is 1.89. The summed E-state index contributed by atoms with van der Waals surface area (Å²) in [5.41, 5.74) is 2.01. The molecular weight excluding hydrogens is 280 g/mol. The maximum absolute atomic E-state index is 12.6. The molecule has 0 aliphatic carbocycles. The Morgan fingerprint density at radius 1 is 1.50 bits per heavy atom. The number of nitrogens with one attached hydrogen (secondary N) is 1. The van der Waals surface area contributed by atoms with E-state index in [2.05, 4.69) is 24.3 Å². The normalized spacial score (nSPS) is 20.3. The van der Waals surface area contributed by atoms with Crippen molar-refractivity contribution in [3.63, 3.8) is 0 Å². The lowest BCUT2D eigenvalue weighted by Gasteiger charge is -2.37. The molecule has 1 aliphatic heterocycles. The third-order valence-electron chi connectivity index (χ3n) is 4.09. The van der Waals surface area contributed by atoms with Gasteiger partial charge in [-0.3, -0.25) is 4.68 Å². The number of carbonyl (C=O) groups excluding carboxylic acids is 1. The monoisotopic (exact) mass is 308 g/mol. The molecule has 1 N–H and O–H groups in total. The molecule has 2 amide bonds. The molecule has 124 valence electrons. The Morgan fingerprint density at radius 3 is 2.82 bits per heavy atom. The Bertz CT molecular complexity index is 512. The van der Waals surface area contributed by atoms with E-state index in [1.165, 1.54) is 0 Å². The molecule has 1 saturated heterocycles.